The highest BCUT2D eigenvalue weighted by Gasteiger charge is 2.17. The van der Waals surface area contributed by atoms with Crippen molar-refractivity contribution in [3.05, 3.63) is 54.0 Å². The summed E-state index contributed by atoms with van der Waals surface area (Å²) >= 11 is 0. The van der Waals surface area contributed by atoms with Gasteiger partial charge >= 0.3 is 0 Å². The molecule has 0 radical (unpaired) electrons. The van der Waals surface area contributed by atoms with E-state index in [0.717, 1.165) is 48.4 Å². The van der Waals surface area contributed by atoms with Gasteiger partial charge in [-0.3, -0.25) is 9.48 Å². The average molecular weight is 444 g/mol. The lowest BCUT2D eigenvalue weighted by Gasteiger charge is -2.22. The number of hydrogen-bond donors (Lipinski definition) is 2. The molecule has 2 N–H and O–H groups in total. The number of nitrogens with one attached hydrogen (secondary N) is 2. The van der Waals surface area contributed by atoms with Crippen LogP contribution in [0.4, 0.5) is 11.6 Å². The fraction of sp³-hybridized carbons (Fsp3) is 0.400. The molecular weight excluding hydrogens is 414 g/mol. The molecule has 0 aliphatic carbocycles. The molecule has 170 valence electrons. The monoisotopic (exact) mass is 443 g/mol. The smallest absolute Gasteiger partial charge is 0.227 e. The maximum absolute atomic E-state index is 12.5. The number of Topliss-reactive ketones (excluding diaryl/α,β-unsaturated/α-hetero) is 1. The van der Waals surface area contributed by atoms with Crippen LogP contribution in [0, 0.1) is 24.2 Å². The van der Waals surface area contributed by atoms with Crippen LogP contribution in [0.1, 0.15) is 54.6 Å². The van der Waals surface area contributed by atoms with Gasteiger partial charge in [-0.1, -0.05) is 31.2 Å². The highest BCUT2D eigenvalue weighted by atomic mass is 16.1. The van der Waals surface area contributed by atoms with Gasteiger partial charge in [0.15, 0.2) is 5.78 Å². The lowest BCUT2D eigenvalue weighted by molar-refractivity contribution is 0.0969. The minimum absolute atomic E-state index is 0.0116. The van der Waals surface area contributed by atoms with Crippen LogP contribution in [0.25, 0.3) is 11.3 Å². The third-order valence-electron chi connectivity index (χ3n) is 6.10. The number of aromatic nitrogens is 4. The molecule has 3 aromatic rings. The normalized spacial score (nSPS) is 15.1. The quantitative estimate of drug-likeness (QED) is 0.495. The van der Waals surface area contributed by atoms with E-state index in [9.17, 15) is 4.79 Å². The first kappa shape index (κ1) is 22.6. The van der Waals surface area contributed by atoms with E-state index in [1.165, 1.54) is 0 Å². The third-order valence-corrected chi connectivity index (χ3v) is 6.10. The molecule has 8 heteroatoms. The number of anilines is 2. The Labute approximate surface area is 194 Å². The SMILES string of the molecule is CC[C@@H](C#N)CC(=O)c1ccc(-c2nc(Nc3cnn(C4CCNCC4)c3)ncc2C)cc1. The summed E-state index contributed by atoms with van der Waals surface area (Å²) in [5.74, 6) is 0.247. The zero-order valence-electron chi connectivity index (χ0n) is 19.1. The van der Waals surface area contributed by atoms with Crippen molar-refractivity contribution in [3.8, 4) is 17.3 Å². The van der Waals surface area contributed by atoms with Crippen molar-refractivity contribution in [2.24, 2.45) is 5.92 Å². The van der Waals surface area contributed by atoms with E-state index in [4.69, 9.17) is 10.2 Å². The first-order valence-electron chi connectivity index (χ1n) is 11.5. The van der Waals surface area contributed by atoms with Gasteiger partial charge in [0.1, 0.15) is 0 Å². The predicted octanol–water partition coefficient (Wildman–Crippen LogP) is 4.44. The molecule has 1 aliphatic rings. The molecule has 0 bridgehead atoms. The van der Waals surface area contributed by atoms with E-state index >= 15 is 0 Å². The summed E-state index contributed by atoms with van der Waals surface area (Å²) in [5, 5.41) is 20.3. The summed E-state index contributed by atoms with van der Waals surface area (Å²) in [6.07, 6.45) is 8.66. The number of carbonyl (C=O) groups excluding carboxylic acids is 1. The summed E-state index contributed by atoms with van der Waals surface area (Å²) in [7, 11) is 0. The van der Waals surface area contributed by atoms with Gasteiger partial charge in [-0.25, -0.2) is 9.97 Å². The fourth-order valence-electron chi connectivity index (χ4n) is 4.03. The molecule has 4 rings (SSSR count). The Bertz CT molecular complexity index is 1140. The van der Waals surface area contributed by atoms with Crippen molar-refractivity contribution in [1.29, 1.82) is 5.26 Å². The Kier molecular flexibility index (Phi) is 7.10. The predicted molar refractivity (Wildman–Crippen MR) is 127 cm³/mol. The van der Waals surface area contributed by atoms with Crippen LogP contribution in [-0.2, 0) is 0 Å². The highest BCUT2D eigenvalue weighted by Crippen LogP contribution is 2.25. The zero-order chi connectivity index (χ0) is 23.2. The third kappa shape index (κ3) is 5.44. The maximum Gasteiger partial charge on any atom is 0.227 e. The number of rotatable bonds is 8. The topological polar surface area (TPSA) is 109 Å². The molecule has 1 atom stereocenters. The van der Waals surface area contributed by atoms with Gasteiger partial charge in [0.2, 0.25) is 5.95 Å². The summed E-state index contributed by atoms with van der Waals surface area (Å²) in [5.41, 5.74) is 4.13. The van der Waals surface area contributed by atoms with E-state index in [1.54, 1.807) is 24.5 Å². The number of aryl methyl sites for hydroxylation is 1. The van der Waals surface area contributed by atoms with Crippen LogP contribution in [0.2, 0.25) is 0 Å². The maximum atomic E-state index is 12.5. The van der Waals surface area contributed by atoms with Crippen LogP contribution >= 0.6 is 0 Å². The van der Waals surface area contributed by atoms with Gasteiger partial charge in [-0.2, -0.15) is 10.4 Å². The molecule has 1 aliphatic heterocycles. The van der Waals surface area contributed by atoms with Crippen molar-refractivity contribution < 1.29 is 4.79 Å². The van der Waals surface area contributed by atoms with Gasteiger partial charge < -0.3 is 10.6 Å². The molecule has 8 nitrogen and oxygen atoms in total. The summed E-state index contributed by atoms with van der Waals surface area (Å²) < 4.78 is 2.02. The molecule has 33 heavy (non-hydrogen) atoms. The van der Waals surface area contributed by atoms with Gasteiger partial charge in [0.25, 0.3) is 0 Å². The number of benzene rings is 1. The van der Waals surface area contributed by atoms with E-state index < -0.39 is 0 Å². The molecule has 0 spiro atoms. The highest BCUT2D eigenvalue weighted by molar-refractivity contribution is 5.96. The molecule has 2 aromatic heterocycles. The van der Waals surface area contributed by atoms with Crippen LogP contribution in [-0.4, -0.2) is 38.6 Å². The molecular formula is C25H29N7O. The van der Waals surface area contributed by atoms with Crippen molar-refractivity contribution in [3.63, 3.8) is 0 Å². The van der Waals surface area contributed by atoms with Crippen LogP contribution in [0.15, 0.2) is 42.9 Å². The first-order chi connectivity index (χ1) is 16.1. The van der Waals surface area contributed by atoms with Crippen LogP contribution in [0.3, 0.4) is 0 Å². The molecule has 0 saturated carbocycles. The second kappa shape index (κ2) is 10.4. The zero-order valence-corrected chi connectivity index (χ0v) is 19.1. The van der Waals surface area contributed by atoms with E-state index in [2.05, 4.69) is 26.8 Å². The number of ketones is 1. The summed E-state index contributed by atoms with van der Waals surface area (Å²) in [6.45, 7) is 5.91. The van der Waals surface area contributed by atoms with E-state index in [1.807, 2.05) is 36.9 Å². The summed E-state index contributed by atoms with van der Waals surface area (Å²) in [4.78, 5) is 21.6. The molecule has 1 saturated heterocycles. The standard InChI is InChI=1S/C25H29N7O/c1-3-18(13-26)12-23(33)19-4-6-20(7-5-19)24-17(2)14-28-25(31-24)30-21-15-29-32(16-21)22-8-10-27-11-9-22/h4-7,14-16,18,22,27H,3,8-12H2,1-2H3,(H,28,30,31)/t18-/m1/s1. The minimum atomic E-state index is -0.242. The van der Waals surface area contributed by atoms with Gasteiger partial charge in [0.05, 0.1) is 35.6 Å². The Hall–Kier alpha value is -3.57. The largest absolute Gasteiger partial charge is 0.321 e. The van der Waals surface area contributed by atoms with E-state index in [-0.39, 0.29) is 18.1 Å². The Balaban J connectivity index is 1.48. The lowest BCUT2D eigenvalue weighted by Crippen LogP contribution is -2.29. The van der Waals surface area contributed by atoms with Gasteiger partial charge in [-0.15, -0.1) is 0 Å². The van der Waals surface area contributed by atoms with Crippen molar-refractivity contribution in [1.82, 2.24) is 25.1 Å². The van der Waals surface area contributed by atoms with Crippen molar-refractivity contribution >= 4 is 17.4 Å². The van der Waals surface area contributed by atoms with Gasteiger partial charge in [-0.05, 0) is 44.8 Å². The Morgan fingerprint density at radius 2 is 2.03 bits per heavy atom. The molecule has 1 fully saturated rings. The average Bonchev–Trinajstić information content (AvgIpc) is 3.33. The molecule has 3 heterocycles. The first-order valence-corrected chi connectivity index (χ1v) is 11.5. The van der Waals surface area contributed by atoms with Crippen LogP contribution in [0.5, 0.6) is 0 Å². The Morgan fingerprint density at radius 1 is 1.27 bits per heavy atom. The fourth-order valence-corrected chi connectivity index (χ4v) is 4.03. The number of piperidine rings is 1. The number of carbonyl (C=O) groups is 1. The van der Waals surface area contributed by atoms with Gasteiger partial charge in [0, 0.05) is 29.9 Å². The second-order valence-electron chi connectivity index (χ2n) is 8.48. The Morgan fingerprint density at radius 3 is 2.73 bits per heavy atom. The van der Waals surface area contributed by atoms with Crippen molar-refractivity contribution in [2.45, 2.75) is 45.6 Å². The minimum Gasteiger partial charge on any atom is -0.321 e. The van der Waals surface area contributed by atoms with Crippen LogP contribution < -0.4 is 10.6 Å². The number of nitrogens with zero attached hydrogens (tertiary/aromatic N) is 5. The molecule has 0 amide bonds. The molecule has 1 aromatic carbocycles. The van der Waals surface area contributed by atoms with Crippen molar-refractivity contribution in [2.75, 3.05) is 18.4 Å². The number of hydrogen-bond acceptors (Lipinski definition) is 7. The lowest BCUT2D eigenvalue weighted by atomic mass is 9.96. The van der Waals surface area contributed by atoms with E-state index in [0.29, 0.717) is 24.0 Å². The molecule has 0 unspecified atom stereocenters. The number of nitriles is 1. The summed E-state index contributed by atoms with van der Waals surface area (Å²) in [6, 6.07) is 10.0. The second-order valence-corrected chi connectivity index (χ2v) is 8.48.